The molecule has 0 radical (unpaired) electrons. The first kappa shape index (κ1) is 17.1. The van der Waals surface area contributed by atoms with Crippen molar-refractivity contribution in [3.8, 4) is 5.75 Å². The van der Waals surface area contributed by atoms with Crippen LogP contribution in [-0.2, 0) is 16.1 Å². The highest BCUT2D eigenvalue weighted by Crippen LogP contribution is 2.41. The highest BCUT2D eigenvalue weighted by atomic mass is 35.5. The summed E-state index contributed by atoms with van der Waals surface area (Å²) in [5, 5.41) is 9.81. The van der Waals surface area contributed by atoms with E-state index in [-0.39, 0.29) is 28.7 Å². The molecule has 1 aliphatic heterocycles. The third-order valence-electron chi connectivity index (χ3n) is 3.77. The summed E-state index contributed by atoms with van der Waals surface area (Å²) in [7, 11) is 1.21. The van der Waals surface area contributed by atoms with Gasteiger partial charge in [-0.05, 0) is 17.7 Å². The zero-order chi connectivity index (χ0) is 18.1. The minimum absolute atomic E-state index is 0.00411. The Bertz CT molecular complexity index is 916. The molecule has 0 spiro atoms. The summed E-state index contributed by atoms with van der Waals surface area (Å²) in [6.45, 7) is -0.484. The Balaban J connectivity index is 2.29. The Labute approximate surface area is 147 Å². The summed E-state index contributed by atoms with van der Waals surface area (Å²) in [5.74, 6) is -1.84. The van der Waals surface area contributed by atoms with Gasteiger partial charge in [0.1, 0.15) is 17.9 Å². The lowest BCUT2D eigenvalue weighted by atomic mass is 9.87. The number of benzene rings is 1. The molecule has 1 aromatic carbocycles. The van der Waals surface area contributed by atoms with E-state index in [4.69, 9.17) is 31.2 Å². The Morgan fingerprint density at radius 1 is 1.36 bits per heavy atom. The number of carbonyl (C=O) groups is 1. The van der Waals surface area contributed by atoms with Gasteiger partial charge in [0.15, 0.2) is 5.76 Å². The molecule has 25 heavy (non-hydrogen) atoms. The van der Waals surface area contributed by atoms with Crippen molar-refractivity contribution in [3.63, 3.8) is 0 Å². The van der Waals surface area contributed by atoms with E-state index in [9.17, 15) is 14.7 Å². The fourth-order valence-corrected chi connectivity index (χ4v) is 2.78. The van der Waals surface area contributed by atoms with E-state index in [1.165, 1.54) is 7.11 Å². The van der Waals surface area contributed by atoms with Crippen molar-refractivity contribution in [1.82, 2.24) is 0 Å². The number of nitrogens with two attached hydrogens (primary N) is 1. The van der Waals surface area contributed by atoms with Gasteiger partial charge < -0.3 is 24.7 Å². The molecule has 3 rings (SSSR count). The molecule has 7 nitrogen and oxygen atoms in total. The molecule has 130 valence electrons. The molecule has 0 bridgehead atoms. The first-order chi connectivity index (χ1) is 12.0. The fourth-order valence-electron chi connectivity index (χ4n) is 2.66. The number of halogens is 1. The van der Waals surface area contributed by atoms with Gasteiger partial charge in [-0.25, -0.2) is 4.79 Å². The zero-order valence-electron chi connectivity index (χ0n) is 13.1. The molecule has 1 aromatic heterocycles. The number of fused-ring (bicyclic) bond motifs is 1. The van der Waals surface area contributed by atoms with Crippen LogP contribution in [0.1, 0.15) is 23.0 Å². The number of esters is 1. The monoisotopic (exact) mass is 363 g/mol. The topological polar surface area (TPSA) is 112 Å². The van der Waals surface area contributed by atoms with Crippen LogP contribution in [0, 0.1) is 0 Å². The Morgan fingerprint density at radius 3 is 2.64 bits per heavy atom. The molecule has 0 unspecified atom stereocenters. The Hall–Kier alpha value is -2.77. The molecular weight excluding hydrogens is 350 g/mol. The number of aliphatic hydroxyl groups is 1. The van der Waals surface area contributed by atoms with E-state index in [0.29, 0.717) is 10.6 Å². The van der Waals surface area contributed by atoms with Crippen molar-refractivity contribution in [3.05, 3.63) is 74.1 Å². The van der Waals surface area contributed by atoms with Gasteiger partial charge in [0, 0.05) is 11.1 Å². The third kappa shape index (κ3) is 2.99. The van der Waals surface area contributed by atoms with Crippen molar-refractivity contribution in [2.75, 3.05) is 7.11 Å². The Morgan fingerprint density at radius 2 is 2.04 bits per heavy atom. The van der Waals surface area contributed by atoms with E-state index >= 15 is 0 Å². The van der Waals surface area contributed by atoms with E-state index in [1.54, 1.807) is 24.3 Å². The molecule has 1 atom stereocenters. The van der Waals surface area contributed by atoms with Crippen LogP contribution < -0.4 is 15.9 Å². The molecule has 0 aliphatic carbocycles. The number of hydrogen-bond donors (Lipinski definition) is 2. The quantitative estimate of drug-likeness (QED) is 0.797. The maximum absolute atomic E-state index is 12.3. The number of aliphatic hydroxyl groups excluding tert-OH is 1. The first-order valence-electron chi connectivity index (χ1n) is 7.25. The average Bonchev–Trinajstić information content (AvgIpc) is 2.61. The van der Waals surface area contributed by atoms with Crippen LogP contribution in [0.5, 0.6) is 5.75 Å². The van der Waals surface area contributed by atoms with E-state index in [0.717, 1.165) is 6.07 Å². The normalized spacial score (nSPS) is 16.2. The predicted octanol–water partition coefficient (Wildman–Crippen LogP) is 1.65. The van der Waals surface area contributed by atoms with Crippen LogP contribution in [0.25, 0.3) is 0 Å². The number of methoxy groups -OCH3 is 1. The lowest BCUT2D eigenvalue weighted by Gasteiger charge is -2.26. The lowest BCUT2D eigenvalue weighted by Crippen LogP contribution is -2.29. The van der Waals surface area contributed by atoms with Gasteiger partial charge in [-0.15, -0.1) is 0 Å². The second-order valence-corrected chi connectivity index (χ2v) is 5.72. The smallest absolute Gasteiger partial charge is 0.340 e. The van der Waals surface area contributed by atoms with Crippen molar-refractivity contribution in [2.45, 2.75) is 12.5 Å². The van der Waals surface area contributed by atoms with Crippen LogP contribution >= 0.6 is 11.6 Å². The van der Waals surface area contributed by atoms with E-state index in [2.05, 4.69) is 0 Å². The molecule has 1 aliphatic rings. The highest BCUT2D eigenvalue weighted by Gasteiger charge is 2.38. The van der Waals surface area contributed by atoms with Crippen LogP contribution in [0.4, 0.5) is 0 Å². The van der Waals surface area contributed by atoms with Crippen molar-refractivity contribution in [1.29, 1.82) is 0 Å². The first-order valence-corrected chi connectivity index (χ1v) is 7.63. The number of hydrogen-bond acceptors (Lipinski definition) is 7. The third-order valence-corrected chi connectivity index (χ3v) is 4.03. The zero-order valence-corrected chi connectivity index (χ0v) is 13.9. The molecule has 8 heteroatoms. The van der Waals surface area contributed by atoms with Crippen LogP contribution in [0.15, 0.2) is 51.0 Å². The second-order valence-electron chi connectivity index (χ2n) is 5.28. The molecular formula is C17H14ClNO6. The van der Waals surface area contributed by atoms with Crippen LogP contribution in [0.2, 0.25) is 5.02 Å². The van der Waals surface area contributed by atoms with Gasteiger partial charge in [-0.1, -0.05) is 23.7 Å². The largest absolute Gasteiger partial charge is 0.465 e. The minimum Gasteiger partial charge on any atom is -0.465 e. The van der Waals surface area contributed by atoms with Gasteiger partial charge in [-0.2, -0.15) is 0 Å². The Kier molecular flexibility index (Phi) is 4.52. The summed E-state index contributed by atoms with van der Waals surface area (Å²) >= 11 is 5.92. The second kappa shape index (κ2) is 6.62. The van der Waals surface area contributed by atoms with E-state index in [1.807, 2.05) is 0 Å². The standard InChI is InChI=1S/C17H14ClNO6/c1-23-17(22)13-12(8-2-4-9(18)5-3-8)15-14(25-16(13)19)11(21)6-10(7-20)24-15/h2-6,12,20H,7,19H2,1H3/t12-/m0/s1. The fraction of sp³-hybridized carbons (Fsp3) is 0.176. The highest BCUT2D eigenvalue weighted by molar-refractivity contribution is 6.30. The summed E-state index contributed by atoms with van der Waals surface area (Å²) in [6, 6.07) is 7.71. The molecule has 2 aromatic rings. The molecule has 0 saturated heterocycles. The van der Waals surface area contributed by atoms with Gasteiger partial charge in [0.25, 0.3) is 0 Å². The minimum atomic E-state index is -0.840. The van der Waals surface area contributed by atoms with Gasteiger partial charge in [-0.3, -0.25) is 4.79 Å². The lowest BCUT2D eigenvalue weighted by molar-refractivity contribution is -0.136. The predicted molar refractivity (Wildman–Crippen MR) is 88.1 cm³/mol. The molecule has 3 N–H and O–H groups in total. The summed E-state index contributed by atoms with van der Waals surface area (Å²) in [6.07, 6.45) is 0. The van der Waals surface area contributed by atoms with Crippen molar-refractivity contribution in [2.24, 2.45) is 5.73 Å². The van der Waals surface area contributed by atoms with E-state index < -0.39 is 23.9 Å². The van der Waals surface area contributed by atoms with Crippen LogP contribution in [-0.4, -0.2) is 18.2 Å². The molecule has 0 saturated carbocycles. The van der Waals surface area contributed by atoms with Crippen LogP contribution in [0.3, 0.4) is 0 Å². The maximum Gasteiger partial charge on any atom is 0.340 e. The van der Waals surface area contributed by atoms with Crippen molar-refractivity contribution < 1.29 is 23.8 Å². The molecule has 2 heterocycles. The van der Waals surface area contributed by atoms with Gasteiger partial charge in [0.2, 0.25) is 17.1 Å². The van der Waals surface area contributed by atoms with Gasteiger partial charge in [0.05, 0.1) is 13.0 Å². The molecule has 0 amide bonds. The summed E-state index contributed by atoms with van der Waals surface area (Å²) in [4.78, 5) is 24.5. The average molecular weight is 364 g/mol. The summed E-state index contributed by atoms with van der Waals surface area (Å²) < 4.78 is 15.7. The number of rotatable bonds is 3. The van der Waals surface area contributed by atoms with Crippen molar-refractivity contribution >= 4 is 17.6 Å². The SMILES string of the molecule is COC(=O)C1=C(N)Oc2c(oc(CO)cc2=O)[C@H]1c1ccc(Cl)cc1. The number of ether oxygens (including phenoxy) is 2. The van der Waals surface area contributed by atoms with Gasteiger partial charge >= 0.3 is 5.97 Å². The molecule has 0 fully saturated rings. The summed E-state index contributed by atoms with van der Waals surface area (Å²) in [5.41, 5.74) is 5.94. The maximum atomic E-state index is 12.3. The number of carbonyl (C=O) groups excluding carboxylic acids is 1.